The minimum absolute atomic E-state index is 0.428. The maximum Gasteiger partial charge on any atom is 0.0701 e. The molecule has 0 saturated heterocycles. The molecule has 53 heavy (non-hydrogen) atoms. The van der Waals surface area contributed by atoms with Gasteiger partial charge < -0.3 is 0 Å². The van der Waals surface area contributed by atoms with Gasteiger partial charge in [0, 0.05) is 0 Å². The molecule has 0 heterocycles. The Hall–Kier alpha value is -2.69. The molecule has 0 saturated carbocycles. The van der Waals surface area contributed by atoms with Crippen molar-refractivity contribution in [3.8, 4) is 0 Å². The van der Waals surface area contributed by atoms with Crippen LogP contribution >= 0.6 is 0 Å². The summed E-state index contributed by atoms with van der Waals surface area (Å²) in [7, 11) is -2.88. The van der Waals surface area contributed by atoms with Gasteiger partial charge in [-0.3, -0.25) is 0 Å². The lowest BCUT2D eigenvalue weighted by Crippen LogP contribution is -2.57. The highest BCUT2D eigenvalue weighted by molar-refractivity contribution is 7.19. The van der Waals surface area contributed by atoms with Crippen LogP contribution in [0.3, 0.4) is 0 Å². The van der Waals surface area contributed by atoms with E-state index in [-0.39, 0.29) is 0 Å². The standard InChI is InChI=1S/C51H74Si2/c1-30(2)39-24-43(33(7)8)49(44(25-39)34(9)10)52(42-22-20-19-21-23-42)53(50-45(35(11)12)26-40(31(3)4)27-46(50)36(13)14)51-47(37(15)16)28-41(32(5)6)29-48(51)38(17)18/h19-38H,1-18H3. The van der Waals surface area contributed by atoms with Gasteiger partial charge in [-0.1, -0.05) is 191 Å². The minimum atomic E-state index is -1.46. The molecule has 286 valence electrons. The fourth-order valence-electron chi connectivity index (χ4n) is 8.13. The summed E-state index contributed by atoms with van der Waals surface area (Å²) in [6.07, 6.45) is 0. The molecule has 2 heteroatoms. The molecule has 0 aromatic heterocycles. The second-order valence-electron chi connectivity index (χ2n) is 18.7. The molecule has 4 aromatic carbocycles. The van der Waals surface area contributed by atoms with Gasteiger partial charge in [0.25, 0.3) is 0 Å². The number of hydrogen-bond acceptors (Lipinski definition) is 0. The summed E-state index contributed by atoms with van der Waals surface area (Å²) in [5, 5.41) is 6.72. The highest BCUT2D eigenvalue weighted by Crippen LogP contribution is 2.31. The van der Waals surface area contributed by atoms with E-state index in [9.17, 15) is 0 Å². The van der Waals surface area contributed by atoms with Gasteiger partial charge in [0.15, 0.2) is 0 Å². The fraction of sp³-hybridized carbons (Fsp3) is 0.529. The van der Waals surface area contributed by atoms with Crippen LogP contribution in [-0.2, 0) is 0 Å². The van der Waals surface area contributed by atoms with E-state index in [0.29, 0.717) is 53.3 Å². The number of hydrogen-bond donors (Lipinski definition) is 0. The summed E-state index contributed by atoms with van der Waals surface area (Å²) < 4.78 is 0. The van der Waals surface area contributed by atoms with E-state index in [2.05, 4.69) is 191 Å². The lowest BCUT2D eigenvalue weighted by molar-refractivity contribution is 0.810. The third-order valence-corrected chi connectivity index (χ3v) is 20.7. The average Bonchev–Trinajstić information content (AvgIpc) is 3.08. The van der Waals surface area contributed by atoms with Crippen LogP contribution in [0.4, 0.5) is 0 Å². The Morgan fingerprint density at radius 2 is 0.509 bits per heavy atom. The van der Waals surface area contributed by atoms with Gasteiger partial charge in [-0.15, -0.1) is 0 Å². The van der Waals surface area contributed by atoms with Gasteiger partial charge in [-0.2, -0.15) is 0 Å². The molecule has 0 bridgehead atoms. The SMILES string of the molecule is CC(C)c1cc(C(C)C)c([Si](c2ccccc2)=[Si](c2c(C(C)C)cc(C(C)C)cc2C(C)C)c2c(C(C)C)cc(C(C)C)cc2C(C)C)c(C(C)C)c1. The summed E-state index contributed by atoms with van der Waals surface area (Å²) in [5.74, 6) is 4.04. The highest BCUT2D eigenvalue weighted by atomic mass is 28.9. The molecule has 0 nitrogen and oxygen atoms in total. The predicted molar refractivity (Wildman–Crippen MR) is 243 cm³/mol. The van der Waals surface area contributed by atoms with E-state index < -0.39 is 15.8 Å². The molecule has 0 aliphatic heterocycles. The zero-order valence-corrected chi connectivity index (χ0v) is 39.0. The Balaban J connectivity index is 2.60. The molecule has 0 radical (unpaired) electrons. The van der Waals surface area contributed by atoms with Crippen molar-refractivity contribution < 1.29 is 0 Å². The number of benzene rings is 4. The molecule has 0 atom stereocenters. The monoisotopic (exact) mass is 743 g/mol. The normalized spacial score (nSPS) is 12.4. The van der Waals surface area contributed by atoms with E-state index in [0.717, 1.165) is 0 Å². The summed E-state index contributed by atoms with van der Waals surface area (Å²) in [4.78, 5) is 0. The second-order valence-corrected chi connectivity index (χ2v) is 25.3. The Bertz CT molecular complexity index is 1730. The van der Waals surface area contributed by atoms with Gasteiger partial charge in [0.2, 0.25) is 0 Å². The second kappa shape index (κ2) is 17.8. The van der Waals surface area contributed by atoms with Crippen molar-refractivity contribution in [2.24, 2.45) is 0 Å². The van der Waals surface area contributed by atoms with Crippen LogP contribution in [0.25, 0.3) is 0 Å². The first-order valence-corrected chi connectivity index (χ1v) is 25.1. The van der Waals surface area contributed by atoms with Crippen LogP contribution in [0.5, 0.6) is 0 Å². The van der Waals surface area contributed by atoms with Gasteiger partial charge in [0.05, 0.1) is 15.8 Å². The summed E-state index contributed by atoms with van der Waals surface area (Å²) in [6.45, 7) is 43.8. The first kappa shape index (κ1) is 43.0. The Labute approximate surface area is 329 Å². The first-order valence-electron chi connectivity index (χ1n) is 21.1. The van der Waals surface area contributed by atoms with Crippen molar-refractivity contribution in [2.45, 2.75) is 178 Å². The van der Waals surface area contributed by atoms with E-state index in [1.165, 1.54) is 16.7 Å². The van der Waals surface area contributed by atoms with Crippen LogP contribution in [0.1, 0.15) is 228 Å². The lowest BCUT2D eigenvalue weighted by atomic mass is 9.89. The number of rotatable bonds is 13. The topological polar surface area (TPSA) is 0 Å². The maximum absolute atomic E-state index is 2.65. The molecule has 0 spiro atoms. The van der Waals surface area contributed by atoms with E-state index in [1.54, 1.807) is 54.1 Å². The Morgan fingerprint density at radius 3 is 0.717 bits per heavy atom. The molecule has 4 rings (SSSR count). The third kappa shape index (κ3) is 9.24. The summed E-state index contributed by atoms with van der Waals surface area (Å²) in [5.41, 5.74) is 14.0. The van der Waals surface area contributed by atoms with E-state index >= 15 is 0 Å². The molecule has 0 amide bonds. The van der Waals surface area contributed by atoms with Crippen LogP contribution in [-0.4, -0.2) is 15.8 Å². The smallest absolute Gasteiger partial charge is 0.0623 e. The molecule has 4 aromatic rings. The lowest BCUT2D eigenvalue weighted by Gasteiger charge is -2.33. The average molecular weight is 743 g/mol. The largest absolute Gasteiger partial charge is 0.0701 e. The minimum Gasteiger partial charge on any atom is -0.0623 e. The van der Waals surface area contributed by atoms with Crippen LogP contribution in [0.2, 0.25) is 0 Å². The fourth-order valence-corrected chi connectivity index (χ4v) is 20.3. The van der Waals surface area contributed by atoms with Crippen LogP contribution in [0.15, 0.2) is 66.7 Å². The molecular formula is C51H74Si2. The van der Waals surface area contributed by atoms with Crippen molar-refractivity contribution in [3.05, 3.63) is 117 Å². The van der Waals surface area contributed by atoms with Crippen molar-refractivity contribution in [1.82, 2.24) is 0 Å². The maximum atomic E-state index is 2.65. The summed E-state index contributed by atoms with van der Waals surface area (Å²) >= 11 is 0. The molecule has 0 aliphatic carbocycles. The first-order chi connectivity index (χ1) is 24.8. The van der Waals surface area contributed by atoms with Gasteiger partial charge >= 0.3 is 0 Å². The van der Waals surface area contributed by atoms with Crippen molar-refractivity contribution >= 4 is 36.5 Å². The Kier molecular flexibility index (Phi) is 14.5. The van der Waals surface area contributed by atoms with E-state index in [1.807, 2.05) is 0 Å². The highest BCUT2D eigenvalue weighted by Gasteiger charge is 2.33. The van der Waals surface area contributed by atoms with E-state index in [4.69, 9.17) is 0 Å². The summed E-state index contributed by atoms with van der Waals surface area (Å²) in [6, 6.07) is 27.8. The van der Waals surface area contributed by atoms with Gasteiger partial charge in [0.1, 0.15) is 0 Å². The van der Waals surface area contributed by atoms with Crippen molar-refractivity contribution in [3.63, 3.8) is 0 Å². The molecule has 0 unspecified atom stereocenters. The van der Waals surface area contributed by atoms with Crippen LogP contribution < -0.4 is 20.7 Å². The molecule has 0 fully saturated rings. The molecular weight excluding hydrogens is 669 g/mol. The molecule has 0 aliphatic rings. The Morgan fingerprint density at radius 1 is 0.283 bits per heavy atom. The molecule has 0 N–H and O–H groups in total. The van der Waals surface area contributed by atoms with Crippen LogP contribution in [0, 0.1) is 0 Å². The third-order valence-electron chi connectivity index (χ3n) is 11.5. The quantitative estimate of drug-likeness (QED) is 0.120. The van der Waals surface area contributed by atoms with Gasteiger partial charge in [-0.05, 0) is 124 Å². The van der Waals surface area contributed by atoms with Crippen molar-refractivity contribution in [1.29, 1.82) is 0 Å². The van der Waals surface area contributed by atoms with Gasteiger partial charge in [-0.25, -0.2) is 0 Å². The zero-order chi connectivity index (χ0) is 39.6. The zero-order valence-electron chi connectivity index (χ0n) is 37.0. The van der Waals surface area contributed by atoms with Crippen molar-refractivity contribution in [2.75, 3.05) is 0 Å². The predicted octanol–water partition coefficient (Wildman–Crippen LogP) is 12.8.